The van der Waals surface area contributed by atoms with Gasteiger partial charge in [0.15, 0.2) is 0 Å². The summed E-state index contributed by atoms with van der Waals surface area (Å²) < 4.78 is 15.8. The van der Waals surface area contributed by atoms with E-state index in [0.29, 0.717) is 15.7 Å². The minimum Gasteiger partial charge on any atom is -0.369 e. The highest BCUT2D eigenvalue weighted by atomic mass is 35.5. The Bertz CT molecular complexity index is 905. The van der Waals surface area contributed by atoms with E-state index in [1.165, 1.54) is 6.07 Å². The molecule has 116 valence electrons. The van der Waals surface area contributed by atoms with Crippen LogP contribution in [0.1, 0.15) is 5.56 Å². The predicted octanol–water partition coefficient (Wildman–Crippen LogP) is 4.95. The molecule has 3 nitrogen and oxygen atoms in total. The number of anilines is 1. The average Bonchev–Trinajstić information content (AvgIpc) is 3.13. The maximum absolute atomic E-state index is 14.1. The lowest BCUT2D eigenvalue weighted by atomic mass is 10.1. The summed E-state index contributed by atoms with van der Waals surface area (Å²) in [5.41, 5.74) is 3.15. The molecule has 23 heavy (non-hydrogen) atoms. The molecule has 0 aliphatic carbocycles. The molecule has 1 aliphatic rings. The number of nitrogens with one attached hydrogen (secondary N) is 1. The molecule has 0 bridgehead atoms. The van der Waals surface area contributed by atoms with Crippen LogP contribution in [0.15, 0.2) is 42.5 Å². The second-order valence-corrected chi connectivity index (χ2v) is 6.16. The minimum absolute atomic E-state index is 0.313. The Balaban J connectivity index is 1.91. The normalized spacial score (nSPS) is 13.0. The van der Waals surface area contributed by atoms with Crippen LogP contribution in [0, 0.1) is 5.82 Å². The number of fused-ring (bicyclic) bond motifs is 1. The van der Waals surface area contributed by atoms with E-state index in [0.717, 1.165) is 35.6 Å². The fraction of sp³-hybridized carbons (Fsp3) is 0.118. The molecule has 0 saturated heterocycles. The molecular weight excluding hydrogens is 336 g/mol. The minimum atomic E-state index is -0.313. The molecule has 2 heterocycles. The Labute approximate surface area is 142 Å². The standard InChI is InChI=1S/C17H12Cl2FN3/c18-12-6-5-10(9-13(12)19)16-11-7-8-21-17(11)23(22-16)15-4-2-1-3-14(15)20/h1-6,9,21H,7-8H2. The molecule has 4 rings (SSSR count). The maximum atomic E-state index is 14.1. The largest absolute Gasteiger partial charge is 0.369 e. The van der Waals surface area contributed by atoms with E-state index in [2.05, 4.69) is 10.4 Å². The summed E-state index contributed by atoms with van der Waals surface area (Å²) >= 11 is 12.1. The molecule has 3 aromatic rings. The van der Waals surface area contributed by atoms with Crippen LogP contribution in [-0.4, -0.2) is 16.3 Å². The highest BCUT2D eigenvalue weighted by Crippen LogP contribution is 2.36. The summed E-state index contributed by atoms with van der Waals surface area (Å²) in [6.07, 6.45) is 0.833. The van der Waals surface area contributed by atoms with E-state index in [1.807, 2.05) is 6.07 Å². The van der Waals surface area contributed by atoms with E-state index < -0.39 is 0 Å². The third kappa shape index (κ3) is 2.38. The van der Waals surface area contributed by atoms with Crippen LogP contribution < -0.4 is 5.32 Å². The van der Waals surface area contributed by atoms with Crippen molar-refractivity contribution in [2.45, 2.75) is 6.42 Å². The maximum Gasteiger partial charge on any atom is 0.148 e. The molecule has 6 heteroatoms. The highest BCUT2D eigenvalue weighted by molar-refractivity contribution is 6.42. The smallest absolute Gasteiger partial charge is 0.148 e. The average molecular weight is 348 g/mol. The lowest BCUT2D eigenvalue weighted by Crippen LogP contribution is -2.05. The zero-order chi connectivity index (χ0) is 16.0. The van der Waals surface area contributed by atoms with Gasteiger partial charge >= 0.3 is 0 Å². The SMILES string of the molecule is Fc1ccccc1-n1nc(-c2ccc(Cl)c(Cl)c2)c2c1NCC2. The van der Waals surface area contributed by atoms with Crippen molar-refractivity contribution in [3.8, 4) is 16.9 Å². The third-order valence-corrected chi connectivity index (χ3v) is 4.66. The van der Waals surface area contributed by atoms with E-state index >= 15 is 0 Å². The van der Waals surface area contributed by atoms with Gasteiger partial charge in [-0.2, -0.15) is 5.10 Å². The zero-order valence-corrected chi connectivity index (χ0v) is 13.5. The topological polar surface area (TPSA) is 29.9 Å². The number of para-hydroxylation sites is 1. The fourth-order valence-electron chi connectivity index (χ4n) is 2.85. The Kier molecular flexibility index (Phi) is 3.51. The number of nitrogens with zero attached hydrogens (tertiary/aromatic N) is 2. The third-order valence-electron chi connectivity index (χ3n) is 3.92. The summed E-state index contributed by atoms with van der Waals surface area (Å²) in [6.45, 7) is 0.802. The number of hydrogen-bond acceptors (Lipinski definition) is 2. The first kappa shape index (κ1) is 14.5. The second-order valence-electron chi connectivity index (χ2n) is 5.34. The van der Waals surface area contributed by atoms with Crippen molar-refractivity contribution < 1.29 is 4.39 Å². The number of halogens is 3. The van der Waals surface area contributed by atoms with Gasteiger partial charge in [0.25, 0.3) is 0 Å². The Hall–Kier alpha value is -2.04. The zero-order valence-electron chi connectivity index (χ0n) is 12.0. The van der Waals surface area contributed by atoms with Crippen LogP contribution in [0.25, 0.3) is 16.9 Å². The summed E-state index contributed by atoms with van der Waals surface area (Å²) in [5.74, 6) is 0.517. The molecule has 0 fully saturated rings. The number of rotatable bonds is 2. The van der Waals surface area contributed by atoms with Crippen molar-refractivity contribution in [3.05, 3.63) is 63.9 Å². The Morgan fingerprint density at radius 2 is 1.91 bits per heavy atom. The van der Waals surface area contributed by atoms with Crippen LogP contribution >= 0.6 is 23.2 Å². The number of benzene rings is 2. The Morgan fingerprint density at radius 3 is 2.70 bits per heavy atom. The van der Waals surface area contributed by atoms with Crippen molar-refractivity contribution >= 4 is 29.0 Å². The molecule has 0 atom stereocenters. The molecule has 2 aromatic carbocycles. The van der Waals surface area contributed by atoms with Crippen LogP contribution in [-0.2, 0) is 6.42 Å². The van der Waals surface area contributed by atoms with Crippen molar-refractivity contribution in [2.24, 2.45) is 0 Å². The number of hydrogen-bond donors (Lipinski definition) is 1. The van der Waals surface area contributed by atoms with Gasteiger partial charge in [0.2, 0.25) is 0 Å². The molecule has 0 unspecified atom stereocenters. The predicted molar refractivity (Wildman–Crippen MR) is 91.2 cm³/mol. The van der Waals surface area contributed by atoms with Crippen LogP contribution in [0.4, 0.5) is 10.2 Å². The van der Waals surface area contributed by atoms with Crippen molar-refractivity contribution in [2.75, 3.05) is 11.9 Å². The molecular formula is C17H12Cl2FN3. The van der Waals surface area contributed by atoms with E-state index in [1.54, 1.807) is 35.0 Å². The first-order chi connectivity index (χ1) is 11.1. The van der Waals surface area contributed by atoms with E-state index in [9.17, 15) is 4.39 Å². The van der Waals surface area contributed by atoms with Gasteiger partial charge in [-0.1, -0.05) is 41.4 Å². The van der Waals surface area contributed by atoms with Gasteiger partial charge in [-0.25, -0.2) is 9.07 Å². The lowest BCUT2D eigenvalue weighted by molar-refractivity contribution is 0.612. The van der Waals surface area contributed by atoms with Gasteiger partial charge in [-0.05, 0) is 30.7 Å². The number of aromatic nitrogens is 2. The van der Waals surface area contributed by atoms with E-state index in [-0.39, 0.29) is 5.82 Å². The first-order valence-corrected chi connectivity index (χ1v) is 7.97. The summed E-state index contributed by atoms with van der Waals surface area (Å²) in [5, 5.41) is 8.88. The lowest BCUT2D eigenvalue weighted by Gasteiger charge is -2.07. The molecule has 0 spiro atoms. The van der Waals surface area contributed by atoms with Gasteiger partial charge in [-0.3, -0.25) is 0 Å². The summed E-state index contributed by atoms with van der Waals surface area (Å²) in [7, 11) is 0. The van der Waals surface area contributed by atoms with Gasteiger partial charge < -0.3 is 5.32 Å². The molecule has 0 radical (unpaired) electrons. The van der Waals surface area contributed by atoms with Crippen molar-refractivity contribution in [1.29, 1.82) is 0 Å². The molecule has 1 aliphatic heterocycles. The summed E-state index contributed by atoms with van der Waals surface area (Å²) in [6, 6.07) is 12.0. The second kappa shape index (κ2) is 5.55. The van der Waals surface area contributed by atoms with Crippen molar-refractivity contribution in [3.63, 3.8) is 0 Å². The van der Waals surface area contributed by atoms with Gasteiger partial charge in [-0.15, -0.1) is 0 Å². The van der Waals surface area contributed by atoms with Crippen molar-refractivity contribution in [1.82, 2.24) is 9.78 Å². The van der Waals surface area contributed by atoms with Crippen LogP contribution in [0.5, 0.6) is 0 Å². The van der Waals surface area contributed by atoms with Gasteiger partial charge in [0.1, 0.15) is 17.3 Å². The fourth-order valence-corrected chi connectivity index (χ4v) is 3.15. The molecule has 0 saturated carbocycles. The quantitative estimate of drug-likeness (QED) is 0.710. The summed E-state index contributed by atoms with van der Waals surface area (Å²) in [4.78, 5) is 0. The molecule has 1 aromatic heterocycles. The van der Waals surface area contributed by atoms with Crippen LogP contribution in [0.2, 0.25) is 10.0 Å². The highest BCUT2D eigenvalue weighted by Gasteiger charge is 2.25. The first-order valence-electron chi connectivity index (χ1n) is 7.21. The molecule has 0 amide bonds. The van der Waals surface area contributed by atoms with Gasteiger partial charge in [0, 0.05) is 17.7 Å². The Morgan fingerprint density at radius 1 is 1.09 bits per heavy atom. The molecule has 1 N–H and O–H groups in total. The van der Waals surface area contributed by atoms with Gasteiger partial charge in [0.05, 0.1) is 15.7 Å². The van der Waals surface area contributed by atoms with Crippen LogP contribution in [0.3, 0.4) is 0 Å². The van der Waals surface area contributed by atoms with E-state index in [4.69, 9.17) is 23.2 Å². The monoisotopic (exact) mass is 347 g/mol.